The van der Waals surface area contributed by atoms with Gasteiger partial charge in [-0.1, -0.05) is 42.3 Å². The SMILES string of the molecule is CCc1nc2ccc(Cl)cn2c1C(=O)NCc1ccc(N2CC[C@@H](Oc3ccc(Cl)cc3)C2)cc1. The fourth-order valence-electron chi connectivity index (χ4n) is 4.41. The van der Waals surface area contributed by atoms with Gasteiger partial charge in [-0.3, -0.25) is 9.20 Å². The van der Waals surface area contributed by atoms with Crippen molar-refractivity contribution in [2.45, 2.75) is 32.4 Å². The second-order valence-electron chi connectivity index (χ2n) is 8.61. The van der Waals surface area contributed by atoms with Gasteiger partial charge in [0.25, 0.3) is 5.91 Å². The van der Waals surface area contributed by atoms with Gasteiger partial charge in [-0.05, 0) is 60.5 Å². The molecule has 5 rings (SSSR count). The third-order valence-corrected chi connectivity index (χ3v) is 6.70. The molecule has 1 saturated heterocycles. The van der Waals surface area contributed by atoms with Gasteiger partial charge in [-0.2, -0.15) is 0 Å². The molecular weight excluding hydrogens is 483 g/mol. The van der Waals surface area contributed by atoms with Crippen LogP contribution in [-0.2, 0) is 13.0 Å². The summed E-state index contributed by atoms with van der Waals surface area (Å²) in [5.41, 5.74) is 4.17. The Hall–Kier alpha value is -3.22. The highest BCUT2D eigenvalue weighted by molar-refractivity contribution is 6.30. The van der Waals surface area contributed by atoms with Gasteiger partial charge in [0.05, 0.1) is 17.3 Å². The van der Waals surface area contributed by atoms with Crippen molar-refractivity contribution in [2.24, 2.45) is 0 Å². The minimum absolute atomic E-state index is 0.141. The van der Waals surface area contributed by atoms with Crippen LogP contribution >= 0.6 is 23.2 Å². The number of fused-ring (bicyclic) bond motifs is 1. The third kappa shape index (κ3) is 5.24. The molecule has 0 radical (unpaired) electrons. The Morgan fingerprint density at radius 2 is 1.80 bits per heavy atom. The summed E-state index contributed by atoms with van der Waals surface area (Å²) >= 11 is 12.1. The number of hydrogen-bond donors (Lipinski definition) is 1. The molecule has 180 valence electrons. The first kappa shape index (κ1) is 23.5. The highest BCUT2D eigenvalue weighted by Gasteiger charge is 2.24. The maximum Gasteiger partial charge on any atom is 0.270 e. The summed E-state index contributed by atoms with van der Waals surface area (Å²) in [6.07, 6.45) is 3.49. The number of rotatable bonds is 7. The van der Waals surface area contributed by atoms with Crippen molar-refractivity contribution in [3.63, 3.8) is 0 Å². The van der Waals surface area contributed by atoms with Crippen molar-refractivity contribution in [2.75, 3.05) is 18.0 Å². The molecule has 1 amide bonds. The quantitative estimate of drug-likeness (QED) is 0.343. The second-order valence-corrected chi connectivity index (χ2v) is 9.49. The predicted molar refractivity (Wildman–Crippen MR) is 140 cm³/mol. The van der Waals surface area contributed by atoms with Crippen LogP contribution in [0.2, 0.25) is 10.0 Å². The zero-order valence-corrected chi connectivity index (χ0v) is 20.9. The van der Waals surface area contributed by atoms with Crippen LogP contribution in [0, 0.1) is 0 Å². The molecule has 1 aliphatic heterocycles. The van der Waals surface area contributed by atoms with E-state index >= 15 is 0 Å². The maximum absolute atomic E-state index is 13.0. The van der Waals surface area contributed by atoms with E-state index in [1.807, 2.05) is 37.3 Å². The number of nitrogens with zero attached hydrogens (tertiary/aromatic N) is 3. The Kier molecular flexibility index (Phi) is 6.84. The fraction of sp³-hybridized carbons (Fsp3) is 0.259. The Labute approximate surface area is 214 Å². The minimum atomic E-state index is -0.164. The summed E-state index contributed by atoms with van der Waals surface area (Å²) in [6, 6.07) is 19.4. The first-order valence-electron chi connectivity index (χ1n) is 11.7. The highest BCUT2D eigenvalue weighted by atomic mass is 35.5. The van der Waals surface area contributed by atoms with E-state index < -0.39 is 0 Å². The van der Waals surface area contributed by atoms with E-state index in [-0.39, 0.29) is 12.0 Å². The van der Waals surface area contributed by atoms with Crippen LogP contribution in [0.5, 0.6) is 5.75 Å². The molecule has 1 N–H and O–H groups in total. The summed E-state index contributed by atoms with van der Waals surface area (Å²) < 4.78 is 7.86. The predicted octanol–water partition coefficient (Wildman–Crippen LogP) is 5.79. The minimum Gasteiger partial charge on any atom is -0.489 e. The molecule has 1 aliphatic rings. The molecule has 2 aromatic heterocycles. The summed E-state index contributed by atoms with van der Waals surface area (Å²) in [5.74, 6) is 0.675. The standard InChI is InChI=1S/C27H26Cl2N4O2/c1-2-24-26(33-16-20(29)7-12-25(33)31-24)27(34)30-15-18-3-8-21(9-4-18)32-14-13-23(17-32)35-22-10-5-19(28)6-11-22/h3-12,16,23H,2,13-15,17H2,1H3,(H,30,34)/t23-/m1/s1. The summed E-state index contributed by atoms with van der Waals surface area (Å²) in [7, 11) is 0. The lowest BCUT2D eigenvalue weighted by Crippen LogP contribution is -2.26. The molecular formula is C27H26Cl2N4O2. The normalized spacial score (nSPS) is 15.5. The molecule has 6 nitrogen and oxygen atoms in total. The van der Waals surface area contributed by atoms with E-state index in [1.165, 1.54) is 0 Å². The monoisotopic (exact) mass is 508 g/mol. The number of anilines is 1. The Balaban J connectivity index is 1.19. The van der Waals surface area contributed by atoms with Gasteiger partial charge in [-0.15, -0.1) is 0 Å². The molecule has 4 aromatic rings. The average Bonchev–Trinajstić information content (AvgIpc) is 3.48. The van der Waals surface area contributed by atoms with Crippen LogP contribution < -0.4 is 15.0 Å². The molecule has 0 saturated carbocycles. The molecule has 0 unspecified atom stereocenters. The van der Waals surface area contributed by atoms with Crippen molar-refractivity contribution >= 4 is 40.4 Å². The van der Waals surface area contributed by atoms with Crippen molar-refractivity contribution in [3.05, 3.63) is 93.9 Å². The molecule has 1 atom stereocenters. The molecule has 1 fully saturated rings. The van der Waals surface area contributed by atoms with Crippen LogP contribution in [0.1, 0.15) is 35.1 Å². The molecule has 0 spiro atoms. The number of carbonyl (C=O) groups excluding carboxylic acids is 1. The smallest absolute Gasteiger partial charge is 0.270 e. The van der Waals surface area contributed by atoms with Gasteiger partial charge in [-0.25, -0.2) is 4.98 Å². The van der Waals surface area contributed by atoms with Gasteiger partial charge in [0.2, 0.25) is 0 Å². The highest BCUT2D eigenvalue weighted by Crippen LogP contribution is 2.25. The number of pyridine rings is 1. The Bertz CT molecular complexity index is 1340. The number of halogens is 2. The summed E-state index contributed by atoms with van der Waals surface area (Å²) in [5, 5.41) is 4.29. The van der Waals surface area contributed by atoms with Gasteiger partial charge >= 0.3 is 0 Å². The molecule has 35 heavy (non-hydrogen) atoms. The van der Waals surface area contributed by atoms with Crippen molar-refractivity contribution < 1.29 is 9.53 Å². The molecule has 0 bridgehead atoms. The zero-order valence-electron chi connectivity index (χ0n) is 19.4. The van der Waals surface area contributed by atoms with E-state index in [0.717, 1.165) is 42.2 Å². The Morgan fingerprint density at radius 3 is 2.54 bits per heavy atom. The number of amides is 1. The lowest BCUT2D eigenvalue weighted by Gasteiger charge is -2.19. The Morgan fingerprint density at radius 1 is 1.06 bits per heavy atom. The average molecular weight is 509 g/mol. The number of carbonyl (C=O) groups is 1. The molecule has 3 heterocycles. The van der Waals surface area contributed by atoms with E-state index in [4.69, 9.17) is 27.9 Å². The van der Waals surface area contributed by atoms with Crippen LogP contribution in [0.15, 0.2) is 66.9 Å². The van der Waals surface area contributed by atoms with E-state index in [0.29, 0.717) is 34.4 Å². The number of imidazole rings is 1. The van der Waals surface area contributed by atoms with Crippen molar-refractivity contribution in [1.82, 2.24) is 14.7 Å². The number of ether oxygens (including phenoxy) is 1. The number of aromatic nitrogens is 2. The number of hydrogen-bond acceptors (Lipinski definition) is 4. The molecule has 8 heteroatoms. The summed E-state index contributed by atoms with van der Waals surface area (Å²) in [4.78, 5) is 19.9. The first-order valence-corrected chi connectivity index (χ1v) is 12.5. The fourth-order valence-corrected chi connectivity index (χ4v) is 4.70. The van der Waals surface area contributed by atoms with Gasteiger partial charge in [0.15, 0.2) is 0 Å². The first-order chi connectivity index (χ1) is 17.0. The van der Waals surface area contributed by atoms with Crippen LogP contribution in [0.3, 0.4) is 0 Å². The van der Waals surface area contributed by atoms with Gasteiger partial charge in [0, 0.05) is 36.4 Å². The number of benzene rings is 2. The maximum atomic E-state index is 13.0. The van der Waals surface area contributed by atoms with Crippen molar-refractivity contribution in [1.29, 1.82) is 0 Å². The number of aryl methyl sites for hydroxylation is 1. The van der Waals surface area contributed by atoms with E-state index in [2.05, 4.69) is 39.5 Å². The lowest BCUT2D eigenvalue weighted by atomic mass is 10.2. The summed E-state index contributed by atoms with van der Waals surface area (Å²) in [6.45, 7) is 4.18. The van der Waals surface area contributed by atoms with Gasteiger partial charge in [0.1, 0.15) is 23.2 Å². The van der Waals surface area contributed by atoms with E-state index in [1.54, 1.807) is 16.7 Å². The molecule has 2 aromatic carbocycles. The lowest BCUT2D eigenvalue weighted by molar-refractivity contribution is 0.0944. The van der Waals surface area contributed by atoms with Crippen LogP contribution in [0.4, 0.5) is 5.69 Å². The zero-order chi connectivity index (χ0) is 24.4. The topological polar surface area (TPSA) is 58.9 Å². The van der Waals surface area contributed by atoms with E-state index in [9.17, 15) is 4.79 Å². The molecule has 0 aliphatic carbocycles. The number of nitrogens with one attached hydrogen (secondary N) is 1. The van der Waals surface area contributed by atoms with Crippen LogP contribution in [-0.4, -0.2) is 34.5 Å². The largest absolute Gasteiger partial charge is 0.489 e. The van der Waals surface area contributed by atoms with Crippen LogP contribution in [0.25, 0.3) is 5.65 Å². The second kappa shape index (κ2) is 10.2. The van der Waals surface area contributed by atoms with Crippen molar-refractivity contribution in [3.8, 4) is 5.75 Å². The third-order valence-electron chi connectivity index (χ3n) is 6.22. The van der Waals surface area contributed by atoms with Gasteiger partial charge < -0.3 is 15.0 Å².